The maximum Gasteiger partial charge on any atom is 0.154 e. The molecule has 0 amide bonds. The fraction of sp³-hybridized carbons (Fsp3) is 0.182. The zero-order valence-electron chi connectivity index (χ0n) is 17.4. The van der Waals surface area contributed by atoms with Crippen LogP contribution in [0.5, 0.6) is 5.75 Å². The van der Waals surface area contributed by atoms with E-state index >= 15 is 0 Å². The van der Waals surface area contributed by atoms with Crippen LogP contribution in [0.4, 0.5) is 10.2 Å². The number of hydrogen-bond acceptors (Lipinski definition) is 7. The maximum atomic E-state index is 13.6. The molecular weight excluding hydrogens is 413 g/mol. The second-order valence-corrected chi connectivity index (χ2v) is 7.51. The minimum absolute atomic E-state index is 0.0131. The molecule has 1 aromatic carbocycles. The van der Waals surface area contributed by atoms with Crippen LogP contribution >= 0.6 is 0 Å². The van der Waals surface area contributed by atoms with E-state index in [0.717, 1.165) is 11.5 Å². The van der Waals surface area contributed by atoms with Crippen molar-refractivity contribution in [3.63, 3.8) is 0 Å². The molecule has 9 nitrogen and oxygen atoms in total. The smallest absolute Gasteiger partial charge is 0.154 e. The van der Waals surface area contributed by atoms with Crippen molar-refractivity contribution in [2.24, 2.45) is 0 Å². The number of furan rings is 1. The molecule has 0 bridgehead atoms. The molecule has 10 heteroatoms. The zero-order chi connectivity index (χ0) is 22.2. The minimum Gasteiger partial charge on any atom is -0.508 e. The molecule has 4 heterocycles. The lowest BCUT2D eigenvalue weighted by Gasteiger charge is -2.16. The van der Waals surface area contributed by atoms with E-state index in [4.69, 9.17) is 4.42 Å². The van der Waals surface area contributed by atoms with Gasteiger partial charge in [-0.1, -0.05) is 5.21 Å². The van der Waals surface area contributed by atoms with Crippen molar-refractivity contribution in [1.82, 2.24) is 29.6 Å². The topological polar surface area (TPSA) is 106 Å². The molecule has 4 aromatic heterocycles. The van der Waals surface area contributed by atoms with Crippen molar-refractivity contribution in [1.29, 1.82) is 0 Å². The van der Waals surface area contributed by atoms with Gasteiger partial charge in [-0.3, -0.25) is 0 Å². The number of phenolic OH excluding ortho intramolecular Hbond substituents is 1. The van der Waals surface area contributed by atoms with Gasteiger partial charge in [0.25, 0.3) is 0 Å². The second-order valence-electron chi connectivity index (χ2n) is 7.51. The molecular formula is C22H20FN7O2. The van der Waals surface area contributed by atoms with Crippen molar-refractivity contribution >= 4 is 11.5 Å². The molecule has 0 fully saturated rings. The molecule has 0 aliphatic carbocycles. The van der Waals surface area contributed by atoms with Crippen LogP contribution in [0, 0.1) is 12.7 Å². The number of fused-ring (bicyclic) bond motifs is 1. The first-order valence-electron chi connectivity index (χ1n) is 10.0. The molecule has 0 aliphatic rings. The Kier molecular flexibility index (Phi) is 4.81. The van der Waals surface area contributed by atoms with Crippen LogP contribution in [0.15, 0.2) is 59.3 Å². The first-order chi connectivity index (χ1) is 15.5. The van der Waals surface area contributed by atoms with Gasteiger partial charge in [-0.2, -0.15) is 0 Å². The van der Waals surface area contributed by atoms with Crippen molar-refractivity contribution in [2.75, 3.05) is 5.32 Å². The summed E-state index contributed by atoms with van der Waals surface area (Å²) in [5, 5.41) is 26.3. The van der Waals surface area contributed by atoms with E-state index in [1.807, 2.05) is 32.0 Å². The zero-order valence-corrected chi connectivity index (χ0v) is 17.4. The van der Waals surface area contributed by atoms with E-state index in [1.165, 1.54) is 18.2 Å². The third kappa shape index (κ3) is 3.78. The predicted molar refractivity (Wildman–Crippen MR) is 115 cm³/mol. The van der Waals surface area contributed by atoms with Gasteiger partial charge in [0.2, 0.25) is 0 Å². The number of aromatic nitrogens is 6. The molecule has 162 valence electrons. The summed E-state index contributed by atoms with van der Waals surface area (Å²) < 4.78 is 22.5. The Morgan fingerprint density at radius 1 is 1.19 bits per heavy atom. The Hall–Kier alpha value is -4.21. The van der Waals surface area contributed by atoms with E-state index in [2.05, 4.69) is 25.7 Å². The number of imidazole rings is 1. The van der Waals surface area contributed by atoms with E-state index in [0.29, 0.717) is 35.0 Å². The van der Waals surface area contributed by atoms with Gasteiger partial charge in [0.05, 0.1) is 18.4 Å². The van der Waals surface area contributed by atoms with Crippen LogP contribution in [0.3, 0.4) is 0 Å². The van der Waals surface area contributed by atoms with Crippen LogP contribution < -0.4 is 5.32 Å². The van der Waals surface area contributed by atoms with Crippen molar-refractivity contribution < 1.29 is 13.9 Å². The Balaban J connectivity index is 1.41. The lowest BCUT2D eigenvalue weighted by Crippen LogP contribution is -2.10. The number of aryl methyl sites for hydroxylation is 1. The molecule has 5 aromatic rings. The number of hydrogen-bond donors (Lipinski definition) is 2. The summed E-state index contributed by atoms with van der Waals surface area (Å²) in [6, 6.07) is 10.9. The quantitative estimate of drug-likeness (QED) is 0.417. The lowest BCUT2D eigenvalue weighted by molar-refractivity contribution is 0.455. The van der Waals surface area contributed by atoms with Crippen LogP contribution in [0.25, 0.3) is 17.0 Å². The summed E-state index contributed by atoms with van der Waals surface area (Å²) in [5.74, 6) is 1.76. The van der Waals surface area contributed by atoms with Gasteiger partial charge in [-0.05, 0) is 56.3 Å². The molecule has 1 atom stereocenters. The Bertz CT molecular complexity index is 1400. The van der Waals surface area contributed by atoms with Crippen LogP contribution in [-0.2, 0) is 6.54 Å². The highest BCUT2D eigenvalue weighted by molar-refractivity contribution is 5.59. The summed E-state index contributed by atoms with van der Waals surface area (Å²) in [5.41, 5.74) is 2.37. The Morgan fingerprint density at radius 2 is 2.06 bits per heavy atom. The number of benzene rings is 1. The highest BCUT2D eigenvalue weighted by Gasteiger charge is 2.15. The van der Waals surface area contributed by atoms with E-state index in [-0.39, 0.29) is 11.8 Å². The standard InChI is InChI=1S/C22H20FN7O2/c1-13-3-5-16(32-13)11-29-12-18(26-28-29)19-10-24-22-8-7-21(27-30(19)22)25-14(2)17-9-15(23)4-6-20(17)31/h3-10,12,14,31H,11H2,1-2H3,(H,25,27)/t14-/m1/s1. The molecule has 0 saturated carbocycles. The minimum atomic E-state index is -0.417. The summed E-state index contributed by atoms with van der Waals surface area (Å²) in [6.45, 7) is 4.17. The summed E-state index contributed by atoms with van der Waals surface area (Å²) >= 11 is 0. The SMILES string of the molecule is Cc1ccc(Cn2cc(-c3cnc4ccc(N[C@H](C)c5cc(F)ccc5O)nn34)nn2)o1. The van der Waals surface area contributed by atoms with Crippen molar-refractivity contribution in [3.8, 4) is 17.1 Å². The first-order valence-corrected chi connectivity index (χ1v) is 10.0. The molecule has 0 unspecified atom stereocenters. The number of phenols is 1. The van der Waals surface area contributed by atoms with Crippen molar-refractivity contribution in [2.45, 2.75) is 26.4 Å². The highest BCUT2D eigenvalue weighted by Crippen LogP contribution is 2.27. The van der Waals surface area contributed by atoms with Gasteiger partial charge in [-0.15, -0.1) is 10.2 Å². The average Bonchev–Trinajstić information content (AvgIpc) is 3.49. The Labute approximate surface area is 182 Å². The number of nitrogens with zero attached hydrogens (tertiary/aromatic N) is 6. The molecule has 5 rings (SSSR count). The molecule has 2 N–H and O–H groups in total. The van der Waals surface area contributed by atoms with Crippen LogP contribution in [-0.4, -0.2) is 34.7 Å². The third-order valence-electron chi connectivity index (χ3n) is 5.10. The monoisotopic (exact) mass is 433 g/mol. The summed E-state index contributed by atoms with van der Waals surface area (Å²) in [7, 11) is 0. The van der Waals surface area contributed by atoms with E-state index in [9.17, 15) is 9.50 Å². The average molecular weight is 433 g/mol. The molecule has 0 radical (unpaired) electrons. The van der Waals surface area contributed by atoms with Gasteiger partial charge >= 0.3 is 0 Å². The molecule has 0 saturated heterocycles. The fourth-order valence-corrected chi connectivity index (χ4v) is 3.52. The number of halogens is 1. The predicted octanol–water partition coefficient (Wildman–Crippen LogP) is 3.96. The van der Waals surface area contributed by atoms with Crippen molar-refractivity contribution in [3.05, 3.63) is 77.8 Å². The summed E-state index contributed by atoms with van der Waals surface area (Å²) in [4.78, 5) is 4.38. The van der Waals surface area contributed by atoms with Crippen LogP contribution in [0.1, 0.15) is 30.0 Å². The van der Waals surface area contributed by atoms with Crippen LogP contribution in [0.2, 0.25) is 0 Å². The second kappa shape index (κ2) is 7.80. The molecule has 0 aliphatic heterocycles. The largest absolute Gasteiger partial charge is 0.508 e. The number of rotatable bonds is 6. The molecule has 0 spiro atoms. The van der Waals surface area contributed by atoms with Gasteiger partial charge in [-0.25, -0.2) is 18.6 Å². The lowest BCUT2D eigenvalue weighted by atomic mass is 10.1. The van der Waals surface area contributed by atoms with Gasteiger partial charge in [0.15, 0.2) is 5.65 Å². The van der Waals surface area contributed by atoms with Gasteiger partial charge < -0.3 is 14.8 Å². The highest BCUT2D eigenvalue weighted by atomic mass is 19.1. The third-order valence-corrected chi connectivity index (χ3v) is 5.10. The molecule has 32 heavy (non-hydrogen) atoms. The van der Waals surface area contributed by atoms with E-state index < -0.39 is 5.82 Å². The fourth-order valence-electron chi connectivity index (χ4n) is 3.52. The summed E-state index contributed by atoms with van der Waals surface area (Å²) in [6.07, 6.45) is 3.48. The number of aromatic hydroxyl groups is 1. The number of nitrogens with one attached hydrogen (secondary N) is 1. The maximum absolute atomic E-state index is 13.6. The van der Waals surface area contributed by atoms with Gasteiger partial charge in [0.1, 0.15) is 46.8 Å². The normalized spacial score (nSPS) is 12.3. The first kappa shape index (κ1) is 19.7. The van der Waals surface area contributed by atoms with E-state index in [1.54, 1.807) is 27.7 Å². The van der Waals surface area contributed by atoms with Gasteiger partial charge in [0, 0.05) is 5.56 Å². The Morgan fingerprint density at radius 3 is 2.88 bits per heavy atom. The number of anilines is 1.